The fourth-order valence-electron chi connectivity index (χ4n) is 5.71. The van der Waals surface area contributed by atoms with Crippen LogP contribution in [0.2, 0.25) is 0 Å². The van der Waals surface area contributed by atoms with Crippen LogP contribution in [0.1, 0.15) is 5.56 Å². The number of aromatic nitrogens is 1. The molecule has 3 heteroatoms. The second-order valence-electron chi connectivity index (χ2n) is 10.3. The lowest BCUT2D eigenvalue weighted by molar-refractivity contribution is 1.12. The number of hydrogen-bond acceptors (Lipinski definition) is 2. The zero-order valence-electron chi connectivity index (χ0n) is 23.2. The molecule has 0 aliphatic carbocycles. The molecule has 7 aromatic rings. The van der Waals surface area contributed by atoms with E-state index >= 15 is 0 Å². The van der Waals surface area contributed by atoms with Crippen molar-refractivity contribution >= 4 is 44.9 Å². The molecule has 1 heterocycles. The molecular formula is C38H30N2S. The Labute approximate surface area is 245 Å². The van der Waals surface area contributed by atoms with Crippen LogP contribution in [0.5, 0.6) is 0 Å². The van der Waals surface area contributed by atoms with Gasteiger partial charge >= 0.3 is 0 Å². The van der Waals surface area contributed by atoms with Crippen molar-refractivity contribution in [3.8, 4) is 16.8 Å². The summed E-state index contributed by atoms with van der Waals surface area (Å²) in [6, 6.07) is 52.2. The maximum absolute atomic E-state index is 2.42. The third kappa shape index (κ3) is 4.59. The number of hydrogen-bond donors (Lipinski definition) is 0. The molecule has 0 amide bonds. The number of para-hydroxylation sites is 3. The average Bonchev–Trinajstić information content (AvgIpc) is 3.36. The maximum atomic E-state index is 2.42. The monoisotopic (exact) mass is 546 g/mol. The Bertz CT molecular complexity index is 2000. The number of nitrogens with zero attached hydrogens (tertiary/aromatic N) is 2. The largest absolute Gasteiger partial charge is 0.344 e. The van der Waals surface area contributed by atoms with E-state index in [1.165, 1.54) is 59.7 Å². The third-order valence-corrected chi connectivity index (χ3v) is 9.06. The molecule has 0 saturated heterocycles. The van der Waals surface area contributed by atoms with Gasteiger partial charge in [0.2, 0.25) is 0 Å². The minimum absolute atomic E-state index is 1.16. The molecular weight excluding hydrogens is 516 g/mol. The molecule has 0 aliphatic heterocycles. The fraction of sp³-hybridized carbons (Fsp3) is 0.0526. The predicted molar refractivity (Wildman–Crippen MR) is 176 cm³/mol. The Morgan fingerprint density at radius 3 is 2.07 bits per heavy atom. The quantitative estimate of drug-likeness (QED) is 0.205. The summed E-state index contributed by atoms with van der Waals surface area (Å²) >= 11 is 1.83. The van der Waals surface area contributed by atoms with E-state index in [1.54, 1.807) is 0 Å². The summed E-state index contributed by atoms with van der Waals surface area (Å²) in [5.74, 6) is 0. The first-order chi connectivity index (χ1) is 20.2. The van der Waals surface area contributed by atoms with Gasteiger partial charge in [-0.1, -0.05) is 109 Å². The van der Waals surface area contributed by atoms with Crippen molar-refractivity contribution in [3.05, 3.63) is 151 Å². The summed E-state index contributed by atoms with van der Waals surface area (Å²) in [6.07, 6.45) is 0. The number of anilines is 2. The highest BCUT2D eigenvalue weighted by molar-refractivity contribution is 7.99. The van der Waals surface area contributed by atoms with Gasteiger partial charge in [0.25, 0.3) is 0 Å². The van der Waals surface area contributed by atoms with Gasteiger partial charge in [-0.2, -0.15) is 0 Å². The van der Waals surface area contributed by atoms with E-state index in [0.29, 0.717) is 0 Å². The summed E-state index contributed by atoms with van der Waals surface area (Å²) in [6.45, 7) is 2.18. The van der Waals surface area contributed by atoms with Gasteiger partial charge in [-0.3, -0.25) is 0 Å². The highest BCUT2D eigenvalue weighted by atomic mass is 32.2. The highest BCUT2D eigenvalue weighted by Gasteiger charge is 2.18. The number of aryl methyl sites for hydroxylation is 1. The smallest absolute Gasteiger partial charge is 0.0601 e. The first-order valence-corrected chi connectivity index (χ1v) is 14.7. The molecule has 0 fully saturated rings. The number of fused-ring (bicyclic) bond motifs is 3. The SMILES string of the molecule is Cc1ccccc1Sc1ccccc1-n1c2ccccc2c2cc(N(C)c3ccccc3-c3ccccc3)ccc21. The van der Waals surface area contributed by atoms with Crippen molar-refractivity contribution in [1.29, 1.82) is 0 Å². The first kappa shape index (κ1) is 25.3. The normalized spacial score (nSPS) is 11.3. The number of rotatable bonds is 6. The predicted octanol–water partition coefficient (Wildman–Crippen LogP) is 10.7. The van der Waals surface area contributed by atoms with Crippen molar-refractivity contribution in [1.82, 2.24) is 4.57 Å². The van der Waals surface area contributed by atoms with Gasteiger partial charge in [0.15, 0.2) is 0 Å². The van der Waals surface area contributed by atoms with Crippen LogP contribution in [-0.4, -0.2) is 11.6 Å². The van der Waals surface area contributed by atoms with Gasteiger partial charge in [-0.25, -0.2) is 0 Å². The molecule has 0 bridgehead atoms. The summed E-state index contributed by atoms with van der Waals surface area (Å²) < 4.78 is 2.42. The zero-order chi connectivity index (χ0) is 27.8. The Hall–Kier alpha value is -4.73. The van der Waals surface area contributed by atoms with E-state index in [1.807, 2.05) is 11.8 Å². The lowest BCUT2D eigenvalue weighted by Gasteiger charge is -2.23. The molecule has 0 radical (unpaired) electrons. The van der Waals surface area contributed by atoms with Gasteiger partial charge in [0.05, 0.1) is 16.7 Å². The first-order valence-electron chi connectivity index (χ1n) is 13.9. The summed E-state index contributed by atoms with van der Waals surface area (Å²) in [4.78, 5) is 4.82. The van der Waals surface area contributed by atoms with Crippen LogP contribution in [0, 0.1) is 6.92 Å². The lowest BCUT2D eigenvalue weighted by atomic mass is 10.0. The lowest BCUT2D eigenvalue weighted by Crippen LogP contribution is -2.10. The van der Waals surface area contributed by atoms with E-state index < -0.39 is 0 Å². The highest BCUT2D eigenvalue weighted by Crippen LogP contribution is 2.41. The van der Waals surface area contributed by atoms with Gasteiger partial charge in [-0.15, -0.1) is 0 Å². The molecule has 2 nitrogen and oxygen atoms in total. The second kappa shape index (κ2) is 10.7. The fourth-order valence-corrected chi connectivity index (χ4v) is 6.74. The molecule has 0 spiro atoms. The van der Waals surface area contributed by atoms with E-state index in [2.05, 4.69) is 169 Å². The molecule has 0 aliphatic rings. The molecule has 0 atom stereocenters. The van der Waals surface area contributed by atoms with Crippen LogP contribution in [0.4, 0.5) is 11.4 Å². The topological polar surface area (TPSA) is 8.17 Å². The average molecular weight is 547 g/mol. The molecule has 7 rings (SSSR count). The van der Waals surface area contributed by atoms with Crippen LogP contribution >= 0.6 is 11.8 Å². The molecule has 0 saturated carbocycles. The van der Waals surface area contributed by atoms with Crippen molar-refractivity contribution in [2.75, 3.05) is 11.9 Å². The van der Waals surface area contributed by atoms with Crippen molar-refractivity contribution in [3.63, 3.8) is 0 Å². The Morgan fingerprint density at radius 1 is 0.561 bits per heavy atom. The molecule has 0 N–H and O–H groups in total. The van der Waals surface area contributed by atoms with Crippen LogP contribution in [0.25, 0.3) is 38.6 Å². The Kier molecular flexibility index (Phi) is 6.58. The molecule has 198 valence electrons. The standard InChI is InChI=1S/C38H30N2S/c1-27-14-6-12-22-37(27)41-38-23-13-11-21-36(38)40-34-20-10-8-18-31(34)32-26-29(24-25-35(32)40)39(2)33-19-9-7-17-30(33)28-15-4-3-5-16-28/h3-26H,1-2H3. The number of benzene rings is 6. The Balaban J connectivity index is 1.37. The van der Waals surface area contributed by atoms with E-state index in [9.17, 15) is 0 Å². The molecule has 6 aromatic carbocycles. The molecule has 41 heavy (non-hydrogen) atoms. The van der Waals surface area contributed by atoms with E-state index in [0.717, 1.165) is 5.69 Å². The van der Waals surface area contributed by atoms with E-state index in [4.69, 9.17) is 0 Å². The van der Waals surface area contributed by atoms with Gasteiger partial charge in [0.1, 0.15) is 0 Å². The summed E-state index contributed by atoms with van der Waals surface area (Å²) in [7, 11) is 2.16. The van der Waals surface area contributed by atoms with Crippen molar-refractivity contribution < 1.29 is 0 Å². The zero-order valence-corrected chi connectivity index (χ0v) is 24.0. The van der Waals surface area contributed by atoms with Gasteiger partial charge in [0, 0.05) is 44.5 Å². The minimum Gasteiger partial charge on any atom is -0.344 e. The van der Waals surface area contributed by atoms with Gasteiger partial charge < -0.3 is 9.47 Å². The molecule has 1 aromatic heterocycles. The summed E-state index contributed by atoms with van der Waals surface area (Å²) in [5.41, 5.74) is 9.69. The Morgan fingerprint density at radius 2 is 1.22 bits per heavy atom. The maximum Gasteiger partial charge on any atom is 0.0601 e. The molecule has 0 unspecified atom stereocenters. The van der Waals surface area contributed by atoms with Crippen LogP contribution in [-0.2, 0) is 0 Å². The van der Waals surface area contributed by atoms with E-state index in [-0.39, 0.29) is 0 Å². The van der Waals surface area contributed by atoms with Crippen molar-refractivity contribution in [2.45, 2.75) is 16.7 Å². The third-order valence-electron chi connectivity index (χ3n) is 7.81. The minimum atomic E-state index is 1.16. The summed E-state index contributed by atoms with van der Waals surface area (Å²) in [5, 5.41) is 2.50. The van der Waals surface area contributed by atoms with Crippen molar-refractivity contribution in [2.24, 2.45) is 0 Å². The van der Waals surface area contributed by atoms with Crippen LogP contribution in [0.15, 0.2) is 155 Å². The van der Waals surface area contributed by atoms with Crippen LogP contribution < -0.4 is 4.90 Å². The van der Waals surface area contributed by atoms with Gasteiger partial charge in [-0.05, 0) is 66.6 Å². The van der Waals surface area contributed by atoms with Crippen LogP contribution in [0.3, 0.4) is 0 Å². The second-order valence-corrected chi connectivity index (χ2v) is 11.4.